The molecular weight excluding hydrogens is 359 g/mol. The Morgan fingerprint density at radius 1 is 1.00 bits per heavy atom. The van der Waals surface area contributed by atoms with E-state index in [0.29, 0.717) is 17.4 Å². The van der Waals surface area contributed by atoms with Gasteiger partial charge in [-0.1, -0.05) is 41.9 Å². The standard InChI is InChI=1S/C14H13ClN2.HI/c15-13-8-6-12(7-9-13)14(16)17-10-11-4-2-1-3-5-11;/h1-9H,10H2,(H2,16,17);1H. The Hall–Kier alpha value is -1.07. The van der Waals surface area contributed by atoms with Crippen LogP contribution in [0.3, 0.4) is 0 Å². The number of hydrogen-bond acceptors (Lipinski definition) is 1. The van der Waals surface area contributed by atoms with Crippen LogP contribution in [0.2, 0.25) is 5.02 Å². The van der Waals surface area contributed by atoms with Gasteiger partial charge in [-0.25, -0.2) is 0 Å². The molecule has 2 aromatic carbocycles. The SMILES string of the molecule is I.NC(=NCc1ccccc1)c1ccc(Cl)cc1. The highest BCUT2D eigenvalue weighted by atomic mass is 127. The van der Waals surface area contributed by atoms with Crippen LogP contribution in [0, 0.1) is 0 Å². The first-order valence-corrected chi connectivity index (χ1v) is 5.73. The van der Waals surface area contributed by atoms with Gasteiger partial charge in [0.15, 0.2) is 0 Å². The summed E-state index contributed by atoms with van der Waals surface area (Å²) >= 11 is 5.81. The monoisotopic (exact) mass is 372 g/mol. The lowest BCUT2D eigenvalue weighted by Gasteiger charge is -2.01. The molecule has 2 N–H and O–H groups in total. The van der Waals surface area contributed by atoms with Crippen molar-refractivity contribution in [2.45, 2.75) is 6.54 Å². The van der Waals surface area contributed by atoms with Crippen molar-refractivity contribution < 1.29 is 0 Å². The molecule has 0 spiro atoms. The highest BCUT2D eigenvalue weighted by Gasteiger charge is 1.97. The maximum atomic E-state index is 5.90. The van der Waals surface area contributed by atoms with E-state index >= 15 is 0 Å². The molecular formula is C14H14ClIN2. The molecule has 0 unspecified atom stereocenters. The molecule has 18 heavy (non-hydrogen) atoms. The molecule has 2 nitrogen and oxygen atoms in total. The predicted molar refractivity (Wildman–Crippen MR) is 87.7 cm³/mol. The summed E-state index contributed by atoms with van der Waals surface area (Å²) in [6.45, 7) is 0.593. The van der Waals surface area contributed by atoms with E-state index in [1.54, 1.807) is 0 Å². The molecule has 0 aliphatic rings. The van der Waals surface area contributed by atoms with Crippen LogP contribution < -0.4 is 5.73 Å². The van der Waals surface area contributed by atoms with Crippen molar-refractivity contribution >= 4 is 41.4 Å². The number of nitrogens with two attached hydrogens (primary N) is 1. The molecule has 0 aliphatic carbocycles. The number of amidine groups is 1. The minimum atomic E-state index is 0. The lowest BCUT2D eigenvalue weighted by Crippen LogP contribution is -2.13. The van der Waals surface area contributed by atoms with Gasteiger partial charge in [-0.05, 0) is 29.8 Å². The molecule has 94 valence electrons. The van der Waals surface area contributed by atoms with Crippen LogP contribution in [-0.2, 0) is 6.54 Å². The summed E-state index contributed by atoms with van der Waals surface area (Å²) in [6.07, 6.45) is 0. The maximum absolute atomic E-state index is 5.90. The Labute approximate surface area is 129 Å². The van der Waals surface area contributed by atoms with Gasteiger partial charge in [0.1, 0.15) is 5.84 Å². The van der Waals surface area contributed by atoms with Gasteiger partial charge in [0.25, 0.3) is 0 Å². The molecule has 0 atom stereocenters. The Balaban J connectivity index is 0.00000162. The van der Waals surface area contributed by atoms with Crippen LogP contribution in [0.5, 0.6) is 0 Å². The number of benzene rings is 2. The minimum Gasteiger partial charge on any atom is -0.383 e. The molecule has 0 aliphatic heterocycles. The van der Waals surface area contributed by atoms with Crippen molar-refractivity contribution in [1.29, 1.82) is 0 Å². The highest BCUT2D eigenvalue weighted by Crippen LogP contribution is 2.09. The number of rotatable bonds is 3. The molecule has 0 amide bonds. The molecule has 2 aromatic rings. The third-order valence-electron chi connectivity index (χ3n) is 2.41. The van der Waals surface area contributed by atoms with Gasteiger partial charge < -0.3 is 5.73 Å². The van der Waals surface area contributed by atoms with Crippen molar-refractivity contribution in [3.63, 3.8) is 0 Å². The molecule has 0 fully saturated rings. The molecule has 0 aromatic heterocycles. The van der Waals surface area contributed by atoms with E-state index < -0.39 is 0 Å². The van der Waals surface area contributed by atoms with Crippen LogP contribution in [-0.4, -0.2) is 5.84 Å². The van der Waals surface area contributed by atoms with Gasteiger partial charge >= 0.3 is 0 Å². The van der Waals surface area contributed by atoms with Gasteiger partial charge in [0, 0.05) is 10.6 Å². The molecule has 2 rings (SSSR count). The van der Waals surface area contributed by atoms with E-state index in [0.717, 1.165) is 11.1 Å². The van der Waals surface area contributed by atoms with E-state index in [1.807, 2.05) is 54.6 Å². The second-order valence-corrected chi connectivity index (χ2v) is 4.13. The summed E-state index contributed by atoms with van der Waals surface area (Å²) in [6, 6.07) is 17.4. The fourth-order valence-corrected chi connectivity index (χ4v) is 1.60. The van der Waals surface area contributed by atoms with Gasteiger partial charge in [0.2, 0.25) is 0 Å². The Kier molecular flexibility index (Phi) is 6.15. The summed E-state index contributed by atoms with van der Waals surface area (Å²) in [5, 5.41) is 0.699. The summed E-state index contributed by atoms with van der Waals surface area (Å²) in [5.74, 6) is 0.533. The van der Waals surface area contributed by atoms with Crippen LogP contribution in [0.1, 0.15) is 11.1 Å². The summed E-state index contributed by atoms with van der Waals surface area (Å²) in [5.41, 5.74) is 7.94. The Bertz CT molecular complexity index is 509. The number of aliphatic imine (C=N–C) groups is 1. The third kappa shape index (κ3) is 4.31. The molecule has 0 bridgehead atoms. The van der Waals surface area contributed by atoms with Crippen LogP contribution in [0.15, 0.2) is 59.6 Å². The van der Waals surface area contributed by atoms with E-state index in [2.05, 4.69) is 4.99 Å². The average Bonchev–Trinajstić information content (AvgIpc) is 2.38. The first-order chi connectivity index (χ1) is 8.25. The topological polar surface area (TPSA) is 38.4 Å². The minimum absolute atomic E-state index is 0. The van der Waals surface area contributed by atoms with E-state index in [1.165, 1.54) is 0 Å². The molecule has 4 heteroatoms. The summed E-state index contributed by atoms with van der Waals surface area (Å²) in [4.78, 5) is 4.35. The fraction of sp³-hybridized carbons (Fsp3) is 0.0714. The number of hydrogen-bond donors (Lipinski definition) is 1. The molecule has 0 saturated carbocycles. The van der Waals surface area contributed by atoms with Crippen molar-refractivity contribution in [2.24, 2.45) is 10.7 Å². The lowest BCUT2D eigenvalue weighted by molar-refractivity contribution is 1.06. The zero-order chi connectivity index (χ0) is 12.1. The average molecular weight is 373 g/mol. The normalized spacial score (nSPS) is 10.8. The molecule has 0 saturated heterocycles. The molecule has 0 radical (unpaired) electrons. The number of nitrogens with zero attached hydrogens (tertiary/aromatic N) is 1. The second kappa shape index (κ2) is 7.38. The van der Waals surface area contributed by atoms with Crippen molar-refractivity contribution in [3.05, 3.63) is 70.7 Å². The summed E-state index contributed by atoms with van der Waals surface area (Å²) in [7, 11) is 0. The quantitative estimate of drug-likeness (QED) is 0.496. The summed E-state index contributed by atoms with van der Waals surface area (Å²) < 4.78 is 0. The van der Waals surface area contributed by atoms with Crippen LogP contribution in [0.4, 0.5) is 0 Å². The first kappa shape index (κ1) is 15.0. The second-order valence-electron chi connectivity index (χ2n) is 3.69. The number of halogens is 2. The van der Waals surface area contributed by atoms with Crippen molar-refractivity contribution in [1.82, 2.24) is 0 Å². The van der Waals surface area contributed by atoms with Crippen molar-refractivity contribution in [2.75, 3.05) is 0 Å². The lowest BCUT2D eigenvalue weighted by atomic mass is 10.2. The predicted octanol–water partition coefficient (Wildman–Crippen LogP) is 3.86. The fourth-order valence-electron chi connectivity index (χ4n) is 1.47. The smallest absolute Gasteiger partial charge is 0.125 e. The van der Waals surface area contributed by atoms with Gasteiger partial charge in [-0.15, -0.1) is 24.0 Å². The Morgan fingerprint density at radius 2 is 1.61 bits per heavy atom. The van der Waals surface area contributed by atoms with Crippen LogP contribution in [0.25, 0.3) is 0 Å². The largest absolute Gasteiger partial charge is 0.383 e. The zero-order valence-electron chi connectivity index (χ0n) is 9.71. The Morgan fingerprint density at radius 3 is 2.22 bits per heavy atom. The van der Waals surface area contributed by atoms with Crippen molar-refractivity contribution in [3.8, 4) is 0 Å². The van der Waals surface area contributed by atoms with E-state index in [-0.39, 0.29) is 24.0 Å². The van der Waals surface area contributed by atoms with Gasteiger partial charge in [0.05, 0.1) is 6.54 Å². The van der Waals surface area contributed by atoms with Crippen LogP contribution >= 0.6 is 35.6 Å². The maximum Gasteiger partial charge on any atom is 0.125 e. The molecule has 0 heterocycles. The zero-order valence-corrected chi connectivity index (χ0v) is 12.8. The highest BCUT2D eigenvalue weighted by molar-refractivity contribution is 14.0. The van der Waals surface area contributed by atoms with Gasteiger partial charge in [-0.2, -0.15) is 0 Å². The first-order valence-electron chi connectivity index (χ1n) is 5.35. The third-order valence-corrected chi connectivity index (χ3v) is 2.67. The van der Waals surface area contributed by atoms with E-state index in [9.17, 15) is 0 Å². The van der Waals surface area contributed by atoms with Gasteiger partial charge in [-0.3, -0.25) is 4.99 Å². The van der Waals surface area contributed by atoms with E-state index in [4.69, 9.17) is 17.3 Å².